The molecule has 37 heavy (non-hydrogen) atoms. The van der Waals surface area contributed by atoms with E-state index in [0.717, 1.165) is 19.3 Å². The summed E-state index contributed by atoms with van der Waals surface area (Å²) < 4.78 is 10.5. The van der Waals surface area contributed by atoms with Crippen molar-refractivity contribution in [3.8, 4) is 0 Å². The van der Waals surface area contributed by atoms with Gasteiger partial charge in [-0.15, -0.1) is 0 Å². The third-order valence-corrected chi connectivity index (χ3v) is 6.94. The van der Waals surface area contributed by atoms with E-state index in [0.29, 0.717) is 6.42 Å². The molecule has 1 heterocycles. The van der Waals surface area contributed by atoms with E-state index in [4.69, 9.17) is 9.47 Å². The highest BCUT2D eigenvalue weighted by molar-refractivity contribution is 5.69. The van der Waals surface area contributed by atoms with E-state index in [-0.39, 0.29) is 12.6 Å². The average molecular weight is 523 g/mol. The van der Waals surface area contributed by atoms with Gasteiger partial charge in [-0.25, -0.2) is 0 Å². The molecule has 0 amide bonds. The van der Waals surface area contributed by atoms with Crippen LogP contribution in [0.4, 0.5) is 0 Å². The molecule has 4 atom stereocenters. The monoisotopic (exact) mass is 522 g/mol. The van der Waals surface area contributed by atoms with Crippen LogP contribution < -0.4 is 0 Å². The Hall–Kier alpha value is -1.47. The van der Waals surface area contributed by atoms with Crippen LogP contribution in [-0.4, -0.2) is 58.9 Å². The Morgan fingerprint density at radius 3 is 1.73 bits per heavy atom. The van der Waals surface area contributed by atoms with Crippen molar-refractivity contribution in [1.29, 1.82) is 0 Å². The number of carbonyl (C=O) groups excluding carboxylic acids is 1. The second kappa shape index (κ2) is 22.5. The molecule has 1 aromatic carbocycles. The lowest BCUT2D eigenvalue weighted by Crippen LogP contribution is -2.43. The number of aryl methyl sites for hydroxylation is 1. The van der Waals surface area contributed by atoms with Crippen molar-refractivity contribution in [2.75, 3.05) is 13.2 Å². The zero-order valence-corrected chi connectivity index (χ0v) is 23.5. The van der Waals surface area contributed by atoms with Crippen LogP contribution in [0.15, 0.2) is 30.3 Å². The lowest BCUT2D eigenvalue weighted by Gasteiger charge is -2.24. The molecule has 0 radical (unpaired) electrons. The summed E-state index contributed by atoms with van der Waals surface area (Å²) in [5, 5.41) is 28.7. The Morgan fingerprint density at radius 2 is 1.35 bits per heavy atom. The minimum atomic E-state index is -1.14. The van der Waals surface area contributed by atoms with Crippen LogP contribution in [0.25, 0.3) is 0 Å². The number of hydrogen-bond acceptors (Lipinski definition) is 6. The van der Waals surface area contributed by atoms with Gasteiger partial charge in [0.25, 0.3) is 0 Å². The number of rotatable bonds is 19. The number of benzene rings is 1. The second-order valence-corrected chi connectivity index (χ2v) is 10.4. The Bertz CT molecular complexity index is 652. The Kier molecular flexibility index (Phi) is 20.4. The summed E-state index contributed by atoms with van der Waals surface area (Å²) in [5.74, 6) is -0.388. The highest BCUT2D eigenvalue weighted by atomic mass is 16.6. The van der Waals surface area contributed by atoms with Crippen LogP contribution in [0.2, 0.25) is 0 Å². The predicted octanol–water partition coefficient (Wildman–Crippen LogP) is 6.27. The van der Waals surface area contributed by atoms with E-state index in [1.165, 1.54) is 82.6 Å². The largest absolute Gasteiger partial charge is 0.457 e. The van der Waals surface area contributed by atoms with E-state index in [1.54, 1.807) is 0 Å². The number of hydrogen-bond donors (Lipinski definition) is 3. The van der Waals surface area contributed by atoms with Crippen LogP contribution in [0.5, 0.6) is 0 Å². The Balaban J connectivity index is 0.000000836. The van der Waals surface area contributed by atoms with Crippen LogP contribution >= 0.6 is 0 Å². The third-order valence-electron chi connectivity index (χ3n) is 6.94. The van der Waals surface area contributed by atoms with E-state index in [1.807, 2.05) is 18.2 Å². The summed E-state index contributed by atoms with van der Waals surface area (Å²) >= 11 is 0. The second-order valence-electron chi connectivity index (χ2n) is 10.4. The molecule has 0 spiro atoms. The summed E-state index contributed by atoms with van der Waals surface area (Å²) in [4.78, 5) is 12.0. The number of carbonyl (C=O) groups is 1. The third kappa shape index (κ3) is 16.9. The highest BCUT2D eigenvalue weighted by Gasteiger charge is 2.41. The van der Waals surface area contributed by atoms with E-state index in [9.17, 15) is 20.1 Å². The van der Waals surface area contributed by atoms with Gasteiger partial charge in [0.1, 0.15) is 18.3 Å². The van der Waals surface area contributed by atoms with E-state index in [2.05, 4.69) is 26.0 Å². The molecule has 0 aromatic heterocycles. The highest BCUT2D eigenvalue weighted by Crippen LogP contribution is 2.20. The lowest BCUT2D eigenvalue weighted by atomic mass is 10.0. The summed E-state index contributed by atoms with van der Waals surface area (Å²) in [6, 6.07) is 10.3. The maximum absolute atomic E-state index is 12.0. The summed E-state index contributed by atoms with van der Waals surface area (Å²) in [7, 11) is 0. The minimum Gasteiger partial charge on any atom is -0.457 e. The van der Waals surface area contributed by atoms with Crippen molar-refractivity contribution in [2.24, 2.45) is 0 Å². The van der Waals surface area contributed by atoms with E-state index < -0.39 is 31.0 Å². The molecule has 1 saturated heterocycles. The topological polar surface area (TPSA) is 96.2 Å². The predicted molar refractivity (Wildman–Crippen MR) is 149 cm³/mol. The van der Waals surface area contributed by atoms with Crippen LogP contribution in [0.3, 0.4) is 0 Å². The normalized spacial score (nSPS) is 19.8. The molecule has 214 valence electrons. The van der Waals surface area contributed by atoms with Gasteiger partial charge in [0.2, 0.25) is 0 Å². The molecule has 0 bridgehead atoms. The first kappa shape index (κ1) is 33.6. The maximum Gasteiger partial charge on any atom is 0.306 e. The molecule has 1 fully saturated rings. The first-order valence-corrected chi connectivity index (χ1v) is 14.8. The SMILES string of the molecule is CCCCCCCCCCCCCCCCCC(=O)O[C@H](CO)[C@H]1OC[C@H](O)[C@H]1O.Cc1ccccc1. The summed E-state index contributed by atoms with van der Waals surface area (Å²) in [6.45, 7) is 3.90. The van der Waals surface area contributed by atoms with Crippen LogP contribution in [0, 0.1) is 6.92 Å². The van der Waals surface area contributed by atoms with Crippen molar-refractivity contribution < 1.29 is 29.6 Å². The molecule has 1 aliphatic heterocycles. The molecule has 2 rings (SSSR count). The van der Waals surface area contributed by atoms with Crippen LogP contribution in [-0.2, 0) is 14.3 Å². The molecular weight excluding hydrogens is 468 g/mol. The van der Waals surface area contributed by atoms with Gasteiger partial charge >= 0.3 is 5.97 Å². The molecule has 6 nitrogen and oxygen atoms in total. The van der Waals surface area contributed by atoms with Gasteiger partial charge in [-0.1, -0.05) is 133 Å². The standard InChI is InChI=1S/C24H46O6.C7H8/c1-2-3-4-5-6-7-8-9-10-11-12-13-14-15-16-17-22(27)30-21(18-25)24-23(28)20(26)19-29-24;1-7-5-3-2-4-6-7/h20-21,23-26,28H,2-19H2,1H3;2-6H,1H3/t20-,21+,23+,24+;/m0./s1. The van der Waals surface area contributed by atoms with Crippen molar-refractivity contribution in [3.05, 3.63) is 35.9 Å². The molecule has 0 unspecified atom stereocenters. The van der Waals surface area contributed by atoms with Gasteiger partial charge in [0.05, 0.1) is 13.2 Å². The van der Waals surface area contributed by atoms with Gasteiger partial charge in [-0.2, -0.15) is 0 Å². The molecule has 0 aliphatic carbocycles. The molecule has 3 N–H and O–H groups in total. The van der Waals surface area contributed by atoms with E-state index >= 15 is 0 Å². The number of esters is 1. The number of ether oxygens (including phenoxy) is 2. The fourth-order valence-corrected chi connectivity index (χ4v) is 4.56. The number of aliphatic hydroxyl groups excluding tert-OH is 3. The van der Waals surface area contributed by atoms with Crippen molar-refractivity contribution in [1.82, 2.24) is 0 Å². The van der Waals surface area contributed by atoms with Gasteiger partial charge in [-0.3, -0.25) is 4.79 Å². The summed E-state index contributed by atoms with van der Waals surface area (Å²) in [5.41, 5.74) is 1.32. The Labute approximate surface area is 225 Å². The maximum atomic E-state index is 12.0. The quantitative estimate of drug-likeness (QED) is 0.146. The van der Waals surface area contributed by atoms with Crippen molar-refractivity contribution in [3.63, 3.8) is 0 Å². The molecule has 6 heteroatoms. The minimum absolute atomic E-state index is 0.0149. The molecular formula is C31H54O6. The van der Waals surface area contributed by atoms with Gasteiger partial charge in [0.15, 0.2) is 6.10 Å². The zero-order valence-electron chi connectivity index (χ0n) is 23.5. The first-order valence-electron chi connectivity index (χ1n) is 14.8. The van der Waals surface area contributed by atoms with Gasteiger partial charge < -0.3 is 24.8 Å². The molecule has 1 aliphatic rings. The van der Waals surface area contributed by atoms with Gasteiger partial charge in [-0.05, 0) is 13.3 Å². The molecule has 1 aromatic rings. The van der Waals surface area contributed by atoms with Gasteiger partial charge in [0, 0.05) is 6.42 Å². The fraction of sp³-hybridized carbons (Fsp3) is 0.774. The molecule has 0 saturated carbocycles. The lowest BCUT2D eigenvalue weighted by molar-refractivity contribution is -0.162. The number of unbranched alkanes of at least 4 members (excludes halogenated alkanes) is 14. The van der Waals surface area contributed by atoms with Crippen LogP contribution in [0.1, 0.15) is 115 Å². The smallest absolute Gasteiger partial charge is 0.306 e. The Morgan fingerprint density at radius 1 is 0.865 bits per heavy atom. The number of aliphatic hydroxyl groups is 3. The zero-order chi connectivity index (χ0) is 27.1. The average Bonchev–Trinajstić information content (AvgIpc) is 3.23. The van der Waals surface area contributed by atoms with Crippen molar-refractivity contribution in [2.45, 2.75) is 141 Å². The summed E-state index contributed by atoms with van der Waals surface area (Å²) in [6.07, 6.45) is 15.4. The first-order chi connectivity index (χ1) is 18.0. The fourth-order valence-electron chi connectivity index (χ4n) is 4.56. The van der Waals surface area contributed by atoms with Crippen molar-refractivity contribution >= 4 is 5.97 Å².